The highest BCUT2D eigenvalue weighted by atomic mass is 35.5. The van der Waals surface area contributed by atoms with Crippen molar-refractivity contribution in [2.75, 3.05) is 26.2 Å². The molecule has 0 spiro atoms. The molecule has 1 aliphatic rings. The first-order valence-corrected chi connectivity index (χ1v) is 7.40. The van der Waals surface area contributed by atoms with E-state index in [1.54, 1.807) is 0 Å². The van der Waals surface area contributed by atoms with Crippen LogP contribution in [0.5, 0.6) is 0 Å². The first kappa shape index (κ1) is 19.3. The van der Waals surface area contributed by atoms with Crippen molar-refractivity contribution in [3.63, 3.8) is 0 Å². The lowest BCUT2D eigenvalue weighted by Gasteiger charge is -2.32. The number of hydrogen-bond acceptors (Lipinski definition) is 2. The summed E-state index contributed by atoms with van der Waals surface area (Å²) in [6.07, 6.45) is -3.82. The van der Waals surface area contributed by atoms with Crippen LogP contribution in [0.1, 0.15) is 25.3 Å². The molecule has 1 saturated heterocycles. The van der Waals surface area contributed by atoms with Gasteiger partial charge in [0.25, 0.3) is 0 Å². The third kappa shape index (κ3) is 6.55. The molecule has 0 aromatic heterocycles. The van der Waals surface area contributed by atoms with Crippen molar-refractivity contribution in [3.8, 4) is 0 Å². The fourth-order valence-electron chi connectivity index (χ4n) is 2.88. The van der Waals surface area contributed by atoms with Gasteiger partial charge in [-0.05, 0) is 23.9 Å². The third-order valence-corrected chi connectivity index (χ3v) is 4.02. The lowest BCUT2D eigenvalue weighted by molar-refractivity contribution is -0.139. The monoisotopic (exact) mass is 336 g/mol. The Morgan fingerprint density at radius 1 is 1.23 bits per heavy atom. The summed E-state index contributed by atoms with van der Waals surface area (Å²) in [4.78, 5) is 1.94. The zero-order valence-corrected chi connectivity index (χ0v) is 13.6. The SMILES string of the molecule is CC1(CN(CCC(F)(F)F)Cc2ccccc2)CCNC1.Cl. The van der Waals surface area contributed by atoms with Crippen molar-refractivity contribution >= 4 is 12.4 Å². The highest BCUT2D eigenvalue weighted by molar-refractivity contribution is 5.85. The number of benzene rings is 1. The summed E-state index contributed by atoms with van der Waals surface area (Å²) in [5.74, 6) is 0. The topological polar surface area (TPSA) is 15.3 Å². The van der Waals surface area contributed by atoms with Gasteiger partial charge in [0.05, 0.1) is 6.42 Å². The average molecular weight is 337 g/mol. The number of rotatable bonds is 6. The summed E-state index contributed by atoms with van der Waals surface area (Å²) < 4.78 is 37.6. The summed E-state index contributed by atoms with van der Waals surface area (Å²) in [7, 11) is 0. The van der Waals surface area contributed by atoms with E-state index in [-0.39, 0.29) is 24.4 Å². The minimum Gasteiger partial charge on any atom is -0.316 e. The molecule has 1 N–H and O–H groups in total. The van der Waals surface area contributed by atoms with Gasteiger partial charge in [-0.2, -0.15) is 13.2 Å². The Kier molecular flexibility index (Phi) is 7.16. The van der Waals surface area contributed by atoms with E-state index in [2.05, 4.69) is 12.2 Å². The van der Waals surface area contributed by atoms with Crippen molar-refractivity contribution in [1.29, 1.82) is 0 Å². The molecule has 1 aromatic carbocycles. The van der Waals surface area contributed by atoms with Crippen molar-refractivity contribution in [2.45, 2.75) is 32.5 Å². The van der Waals surface area contributed by atoms with Gasteiger partial charge in [-0.15, -0.1) is 12.4 Å². The maximum absolute atomic E-state index is 12.5. The molecule has 0 bridgehead atoms. The fourth-order valence-corrected chi connectivity index (χ4v) is 2.88. The first-order valence-electron chi connectivity index (χ1n) is 7.40. The van der Waals surface area contributed by atoms with Crippen LogP contribution in [0.4, 0.5) is 13.2 Å². The Bertz CT molecular complexity index is 431. The van der Waals surface area contributed by atoms with Gasteiger partial charge in [0.2, 0.25) is 0 Å². The molecule has 1 aliphatic heterocycles. The first-order chi connectivity index (χ1) is 9.86. The van der Waals surface area contributed by atoms with Crippen LogP contribution in [0, 0.1) is 5.41 Å². The minimum absolute atomic E-state index is 0. The molecule has 1 aromatic rings. The predicted molar refractivity (Wildman–Crippen MR) is 85.2 cm³/mol. The van der Waals surface area contributed by atoms with Crippen molar-refractivity contribution < 1.29 is 13.2 Å². The van der Waals surface area contributed by atoms with Gasteiger partial charge in [0.1, 0.15) is 0 Å². The largest absolute Gasteiger partial charge is 0.390 e. The van der Waals surface area contributed by atoms with Crippen molar-refractivity contribution in [3.05, 3.63) is 35.9 Å². The van der Waals surface area contributed by atoms with Crippen LogP contribution >= 0.6 is 12.4 Å². The van der Waals surface area contributed by atoms with E-state index in [0.29, 0.717) is 13.1 Å². The van der Waals surface area contributed by atoms with Crippen LogP contribution < -0.4 is 5.32 Å². The van der Waals surface area contributed by atoms with Crippen molar-refractivity contribution in [2.24, 2.45) is 5.41 Å². The Balaban J connectivity index is 0.00000242. The van der Waals surface area contributed by atoms with Gasteiger partial charge < -0.3 is 5.32 Å². The molecule has 1 fully saturated rings. The van der Waals surface area contributed by atoms with E-state index in [9.17, 15) is 13.2 Å². The molecule has 0 amide bonds. The van der Waals surface area contributed by atoms with Gasteiger partial charge in [0, 0.05) is 26.2 Å². The molecule has 0 radical (unpaired) electrons. The second-order valence-electron chi connectivity index (χ2n) is 6.30. The second-order valence-corrected chi connectivity index (χ2v) is 6.30. The minimum atomic E-state index is -4.09. The molecule has 0 saturated carbocycles. The van der Waals surface area contributed by atoms with Gasteiger partial charge in [-0.3, -0.25) is 4.90 Å². The summed E-state index contributed by atoms with van der Waals surface area (Å²) in [5.41, 5.74) is 1.13. The van der Waals surface area contributed by atoms with E-state index in [1.165, 1.54) is 0 Å². The molecule has 2 nitrogen and oxygen atoms in total. The summed E-state index contributed by atoms with van der Waals surface area (Å²) in [6, 6.07) is 9.71. The van der Waals surface area contributed by atoms with Crippen molar-refractivity contribution in [1.82, 2.24) is 10.2 Å². The van der Waals surface area contributed by atoms with Gasteiger partial charge in [-0.25, -0.2) is 0 Å². The van der Waals surface area contributed by atoms with E-state index in [4.69, 9.17) is 0 Å². The van der Waals surface area contributed by atoms with E-state index in [0.717, 1.165) is 25.1 Å². The second kappa shape index (κ2) is 8.18. The lowest BCUT2D eigenvalue weighted by Crippen LogP contribution is -2.38. The number of hydrogen-bond donors (Lipinski definition) is 1. The average Bonchev–Trinajstić information content (AvgIpc) is 2.83. The van der Waals surface area contributed by atoms with Gasteiger partial charge in [0.15, 0.2) is 0 Å². The Labute approximate surface area is 136 Å². The fraction of sp³-hybridized carbons (Fsp3) is 0.625. The standard InChI is InChI=1S/C16H23F3N2.ClH/c1-15(7-9-20-12-15)13-21(10-8-16(17,18)19)11-14-5-3-2-4-6-14;/h2-6,20H,7-13H2,1H3;1H. The molecule has 2 rings (SSSR count). The summed E-state index contributed by atoms with van der Waals surface area (Å²) in [6.45, 7) is 5.32. The quantitative estimate of drug-likeness (QED) is 0.848. The third-order valence-electron chi connectivity index (χ3n) is 4.02. The molecule has 1 unspecified atom stereocenters. The van der Waals surface area contributed by atoms with Crippen LogP contribution in [0.2, 0.25) is 0 Å². The molecule has 0 aliphatic carbocycles. The molecule has 1 atom stereocenters. The molecule has 1 heterocycles. The number of nitrogens with zero attached hydrogens (tertiary/aromatic N) is 1. The summed E-state index contributed by atoms with van der Waals surface area (Å²) in [5, 5.41) is 3.31. The zero-order chi connectivity index (χ0) is 15.3. The number of halogens is 4. The summed E-state index contributed by atoms with van der Waals surface area (Å²) >= 11 is 0. The Morgan fingerprint density at radius 2 is 1.91 bits per heavy atom. The van der Waals surface area contributed by atoms with Crippen LogP contribution in [0.15, 0.2) is 30.3 Å². The maximum Gasteiger partial charge on any atom is 0.390 e. The normalized spacial score (nSPS) is 21.9. The van der Waals surface area contributed by atoms with E-state index >= 15 is 0 Å². The van der Waals surface area contributed by atoms with Gasteiger partial charge >= 0.3 is 6.18 Å². The van der Waals surface area contributed by atoms with Crippen LogP contribution in [-0.2, 0) is 6.54 Å². The highest BCUT2D eigenvalue weighted by Gasteiger charge is 2.33. The van der Waals surface area contributed by atoms with Crippen LogP contribution in [0.3, 0.4) is 0 Å². The van der Waals surface area contributed by atoms with Crippen LogP contribution in [0.25, 0.3) is 0 Å². The Morgan fingerprint density at radius 3 is 2.45 bits per heavy atom. The highest BCUT2D eigenvalue weighted by Crippen LogP contribution is 2.28. The Hall–Kier alpha value is -0.780. The molecular formula is C16H24ClF3N2. The molecule has 6 heteroatoms. The molecule has 22 heavy (non-hydrogen) atoms. The number of alkyl halides is 3. The van der Waals surface area contributed by atoms with E-state index in [1.807, 2.05) is 35.2 Å². The van der Waals surface area contributed by atoms with E-state index < -0.39 is 12.6 Å². The lowest BCUT2D eigenvalue weighted by atomic mass is 9.89. The maximum atomic E-state index is 12.5. The van der Waals surface area contributed by atoms with Crippen LogP contribution in [-0.4, -0.2) is 37.3 Å². The zero-order valence-electron chi connectivity index (χ0n) is 12.8. The molecular weight excluding hydrogens is 313 g/mol. The van der Waals surface area contributed by atoms with Gasteiger partial charge in [-0.1, -0.05) is 37.3 Å². The predicted octanol–water partition coefficient (Wildman–Crippen LogP) is 3.86. The molecule has 126 valence electrons. The number of nitrogens with one attached hydrogen (secondary N) is 1. The smallest absolute Gasteiger partial charge is 0.316 e.